The molecule has 6 heteroatoms. The SMILES string of the molecule is CCC[N+]1=C(C=CC2=C(Cl)C(=CC=C3N(CCOC)c4ccc(Cl)cc4C3(C)Cc3ccccc3)CCC2)C(C)(Cc2ccccc2)c2cc(Cl)ccc21. The highest BCUT2D eigenvalue weighted by Gasteiger charge is 2.48. The Morgan fingerprint density at radius 3 is 2.07 bits per heavy atom. The lowest BCUT2D eigenvalue weighted by molar-refractivity contribution is -0.437. The van der Waals surface area contributed by atoms with Gasteiger partial charge in [-0.2, -0.15) is 4.58 Å². The summed E-state index contributed by atoms with van der Waals surface area (Å²) >= 11 is 20.7. The molecule has 0 saturated heterocycles. The van der Waals surface area contributed by atoms with Gasteiger partial charge in [-0.1, -0.05) is 115 Å². The summed E-state index contributed by atoms with van der Waals surface area (Å²) in [4.78, 5) is 2.41. The van der Waals surface area contributed by atoms with Crippen LogP contribution in [0.1, 0.15) is 68.7 Å². The smallest absolute Gasteiger partial charge is 0.209 e. The molecule has 0 bridgehead atoms. The highest BCUT2D eigenvalue weighted by molar-refractivity contribution is 6.33. The van der Waals surface area contributed by atoms with E-state index in [1.807, 2.05) is 12.1 Å². The average Bonchev–Trinajstić information content (AvgIpc) is 3.52. The van der Waals surface area contributed by atoms with Crippen molar-refractivity contribution in [2.24, 2.45) is 0 Å². The Kier molecular flexibility index (Phi) is 11.7. The number of halogens is 3. The minimum Gasteiger partial charge on any atom is -0.383 e. The van der Waals surface area contributed by atoms with Crippen molar-refractivity contribution in [3.8, 4) is 0 Å². The molecule has 0 radical (unpaired) electrons. The lowest BCUT2D eigenvalue weighted by Crippen LogP contribution is -2.33. The second kappa shape index (κ2) is 16.5. The molecule has 3 nitrogen and oxygen atoms in total. The summed E-state index contributed by atoms with van der Waals surface area (Å²) in [5.74, 6) is 0. The van der Waals surface area contributed by atoms with Gasteiger partial charge in [-0.3, -0.25) is 0 Å². The average molecular weight is 777 g/mol. The van der Waals surface area contributed by atoms with E-state index < -0.39 is 0 Å². The summed E-state index contributed by atoms with van der Waals surface area (Å²) in [5, 5.41) is 2.37. The number of benzene rings is 4. The van der Waals surface area contributed by atoms with Gasteiger partial charge >= 0.3 is 0 Å². The van der Waals surface area contributed by atoms with Crippen LogP contribution in [0.5, 0.6) is 0 Å². The van der Waals surface area contributed by atoms with E-state index in [1.165, 1.54) is 56.2 Å². The molecule has 0 N–H and O–H groups in total. The number of allylic oxidation sites excluding steroid dienone is 8. The van der Waals surface area contributed by atoms with Crippen molar-refractivity contribution in [1.29, 1.82) is 0 Å². The molecule has 7 rings (SSSR count). The van der Waals surface area contributed by atoms with Crippen LogP contribution in [0.4, 0.5) is 11.4 Å². The number of ether oxygens (including phenoxy) is 1. The van der Waals surface area contributed by atoms with Crippen LogP contribution >= 0.6 is 34.8 Å². The van der Waals surface area contributed by atoms with Crippen molar-refractivity contribution in [2.75, 3.05) is 31.7 Å². The molecular weight excluding hydrogens is 727 g/mol. The van der Waals surface area contributed by atoms with E-state index in [-0.39, 0.29) is 10.8 Å². The molecule has 0 aromatic heterocycles. The third kappa shape index (κ3) is 7.54. The molecule has 0 spiro atoms. The van der Waals surface area contributed by atoms with E-state index in [9.17, 15) is 0 Å². The molecule has 0 saturated carbocycles. The Morgan fingerprint density at radius 1 is 0.759 bits per heavy atom. The van der Waals surface area contributed by atoms with Crippen LogP contribution in [-0.2, 0) is 28.4 Å². The molecule has 0 amide bonds. The molecule has 4 aromatic carbocycles. The number of methoxy groups -OCH3 is 1. The fourth-order valence-electron chi connectivity index (χ4n) is 8.89. The van der Waals surface area contributed by atoms with Crippen molar-refractivity contribution < 1.29 is 9.31 Å². The topological polar surface area (TPSA) is 15.5 Å². The minimum absolute atomic E-state index is 0.257. The Hall–Kier alpha value is -3.86. The van der Waals surface area contributed by atoms with Crippen LogP contribution in [0.3, 0.4) is 0 Å². The largest absolute Gasteiger partial charge is 0.383 e. The van der Waals surface area contributed by atoms with E-state index in [1.54, 1.807) is 7.11 Å². The first-order chi connectivity index (χ1) is 26.2. The predicted molar refractivity (Wildman–Crippen MR) is 229 cm³/mol. The van der Waals surface area contributed by atoms with E-state index in [2.05, 4.69) is 139 Å². The quantitative estimate of drug-likeness (QED) is 0.133. The fraction of sp³-hybridized carbons (Fsp3) is 0.312. The third-order valence-electron chi connectivity index (χ3n) is 11.5. The van der Waals surface area contributed by atoms with Gasteiger partial charge in [0, 0.05) is 69.7 Å². The second-order valence-electron chi connectivity index (χ2n) is 15.3. The zero-order valence-corrected chi connectivity index (χ0v) is 34.1. The van der Waals surface area contributed by atoms with Crippen LogP contribution in [0.15, 0.2) is 143 Å². The lowest BCUT2D eigenvalue weighted by atomic mass is 9.74. The number of hydrogen-bond donors (Lipinski definition) is 0. The van der Waals surface area contributed by atoms with Gasteiger partial charge < -0.3 is 9.64 Å². The summed E-state index contributed by atoms with van der Waals surface area (Å²) in [7, 11) is 1.76. The van der Waals surface area contributed by atoms with Crippen LogP contribution in [-0.4, -0.2) is 37.1 Å². The van der Waals surface area contributed by atoms with Gasteiger partial charge in [0.15, 0.2) is 5.71 Å². The fourth-order valence-corrected chi connectivity index (χ4v) is 9.54. The maximum Gasteiger partial charge on any atom is 0.209 e. The van der Waals surface area contributed by atoms with Gasteiger partial charge in [0.05, 0.1) is 12.0 Å². The number of hydrogen-bond acceptors (Lipinski definition) is 2. The Morgan fingerprint density at radius 2 is 1.41 bits per heavy atom. The van der Waals surface area contributed by atoms with Crippen molar-refractivity contribution >= 4 is 51.9 Å². The van der Waals surface area contributed by atoms with Gasteiger partial charge in [-0.05, 0) is 110 Å². The predicted octanol–water partition coefficient (Wildman–Crippen LogP) is 12.7. The van der Waals surface area contributed by atoms with Crippen molar-refractivity contribution in [3.05, 3.63) is 176 Å². The highest BCUT2D eigenvalue weighted by Crippen LogP contribution is 2.51. The molecule has 2 aliphatic heterocycles. The molecule has 3 aliphatic rings. The molecule has 2 unspecified atom stereocenters. The number of anilines is 1. The molecule has 2 heterocycles. The van der Waals surface area contributed by atoms with E-state index in [4.69, 9.17) is 39.5 Å². The first-order valence-corrected chi connectivity index (χ1v) is 20.4. The van der Waals surface area contributed by atoms with Gasteiger partial charge in [0.25, 0.3) is 0 Å². The first-order valence-electron chi connectivity index (χ1n) is 19.2. The zero-order chi connectivity index (χ0) is 37.9. The van der Waals surface area contributed by atoms with Crippen LogP contribution in [0, 0.1) is 0 Å². The van der Waals surface area contributed by atoms with Gasteiger partial charge in [0.1, 0.15) is 6.54 Å². The van der Waals surface area contributed by atoms with Crippen LogP contribution in [0.25, 0.3) is 0 Å². The summed E-state index contributed by atoms with van der Waals surface area (Å²) in [6.07, 6.45) is 14.9. The summed E-state index contributed by atoms with van der Waals surface area (Å²) < 4.78 is 8.11. The Balaban J connectivity index is 1.28. The number of rotatable bonds is 12. The molecule has 4 aromatic rings. The van der Waals surface area contributed by atoms with Gasteiger partial charge in [0.2, 0.25) is 5.69 Å². The van der Waals surface area contributed by atoms with Gasteiger partial charge in [-0.15, -0.1) is 0 Å². The second-order valence-corrected chi connectivity index (χ2v) is 16.5. The summed E-state index contributed by atoms with van der Waals surface area (Å²) in [6.45, 7) is 9.24. The maximum atomic E-state index is 7.40. The maximum absolute atomic E-state index is 7.40. The van der Waals surface area contributed by atoms with Gasteiger partial charge in [-0.25, -0.2) is 0 Å². The first kappa shape index (κ1) is 38.4. The molecular formula is C48H50Cl3N2O+. The highest BCUT2D eigenvalue weighted by atomic mass is 35.5. The summed E-state index contributed by atoms with van der Waals surface area (Å²) in [6, 6.07) is 34.2. The van der Waals surface area contributed by atoms with E-state index in [0.717, 1.165) is 66.7 Å². The normalized spacial score (nSPS) is 22.6. The number of nitrogens with zero attached hydrogens (tertiary/aromatic N) is 2. The third-order valence-corrected chi connectivity index (χ3v) is 12.5. The molecule has 1 aliphatic carbocycles. The van der Waals surface area contributed by atoms with E-state index in [0.29, 0.717) is 6.61 Å². The van der Waals surface area contributed by atoms with Crippen LogP contribution < -0.4 is 4.90 Å². The molecule has 0 fully saturated rings. The minimum atomic E-state index is -0.303. The Labute approximate surface area is 336 Å². The van der Waals surface area contributed by atoms with Crippen molar-refractivity contribution in [2.45, 2.75) is 70.1 Å². The zero-order valence-electron chi connectivity index (χ0n) is 31.8. The molecule has 278 valence electrons. The number of fused-ring (bicyclic) bond motifs is 2. The lowest BCUT2D eigenvalue weighted by Gasteiger charge is -2.31. The Bertz CT molecular complexity index is 2170. The molecule has 54 heavy (non-hydrogen) atoms. The van der Waals surface area contributed by atoms with Crippen LogP contribution in [0.2, 0.25) is 10.0 Å². The van der Waals surface area contributed by atoms with Crippen molar-refractivity contribution in [3.63, 3.8) is 0 Å². The van der Waals surface area contributed by atoms with E-state index >= 15 is 0 Å². The molecule has 2 atom stereocenters. The standard InChI is InChI=1S/C48H50Cl3N2O/c1-5-27-52-42-23-21-38(49)30-40(42)47(2,32-34-13-8-6-9-14-34)44(52)25-19-36-17-12-18-37(46(36)51)20-26-45-48(3,33-35-15-10-7-11-16-35)41-31-39(50)22-24-43(41)53(45)28-29-54-4/h6-11,13-16,19-26,30-31H,5,12,17-18,27-29,32-33H2,1-4H3/q+1. The monoisotopic (exact) mass is 775 g/mol. The summed E-state index contributed by atoms with van der Waals surface area (Å²) in [5.41, 5.74) is 11.8. The van der Waals surface area contributed by atoms with Crippen molar-refractivity contribution in [1.82, 2.24) is 0 Å².